The monoisotopic (exact) mass is 232 g/mol. The van der Waals surface area contributed by atoms with Crippen molar-refractivity contribution in [1.82, 2.24) is 5.32 Å². The fraction of sp³-hybridized carbons (Fsp3) is 0.600. The summed E-state index contributed by atoms with van der Waals surface area (Å²) in [6, 6.07) is 9.38. The van der Waals surface area contributed by atoms with Crippen molar-refractivity contribution in [3.8, 4) is 0 Å². The summed E-state index contributed by atoms with van der Waals surface area (Å²) in [5.41, 5.74) is 2.94. The van der Waals surface area contributed by atoms with E-state index in [0.29, 0.717) is 12.0 Å². The lowest BCUT2D eigenvalue weighted by Crippen LogP contribution is -2.37. The molecule has 2 rings (SSSR count). The van der Waals surface area contributed by atoms with Gasteiger partial charge >= 0.3 is 0 Å². The third kappa shape index (κ3) is 3.01. The van der Waals surface area contributed by atoms with Crippen molar-refractivity contribution < 1.29 is 0 Å². The van der Waals surface area contributed by atoms with Crippen LogP contribution in [0, 0.1) is 5.92 Å². The van der Waals surface area contributed by atoms with Crippen molar-refractivity contribution >= 4 is 5.69 Å². The first kappa shape index (κ1) is 12.4. The molecule has 1 unspecified atom stereocenters. The van der Waals surface area contributed by atoms with E-state index in [1.807, 2.05) is 0 Å². The number of para-hydroxylation sites is 1. The van der Waals surface area contributed by atoms with Gasteiger partial charge in [-0.3, -0.25) is 0 Å². The van der Waals surface area contributed by atoms with Gasteiger partial charge in [0.15, 0.2) is 0 Å². The summed E-state index contributed by atoms with van der Waals surface area (Å²) in [7, 11) is 0. The zero-order chi connectivity index (χ0) is 12.3. The first-order chi connectivity index (χ1) is 8.18. The Kier molecular flexibility index (Phi) is 4.06. The Balaban J connectivity index is 1.82. The summed E-state index contributed by atoms with van der Waals surface area (Å²) in [5, 5.41) is 3.60. The number of nitrogens with zero attached hydrogens (tertiary/aromatic N) is 1. The van der Waals surface area contributed by atoms with Crippen LogP contribution in [0.4, 0.5) is 5.69 Å². The van der Waals surface area contributed by atoms with Crippen molar-refractivity contribution in [3.05, 3.63) is 29.8 Å². The minimum absolute atomic E-state index is 0.604. The van der Waals surface area contributed by atoms with E-state index in [2.05, 4.69) is 55.3 Å². The number of hydrogen-bond acceptors (Lipinski definition) is 2. The number of fused-ring (bicyclic) bond motifs is 1. The van der Waals surface area contributed by atoms with E-state index in [-0.39, 0.29) is 0 Å². The van der Waals surface area contributed by atoms with Crippen LogP contribution in [0.5, 0.6) is 0 Å². The molecule has 94 valence electrons. The first-order valence-electron chi connectivity index (χ1n) is 6.74. The maximum Gasteiger partial charge on any atom is 0.0399 e. The number of hydrogen-bond donors (Lipinski definition) is 1. The first-order valence-corrected chi connectivity index (χ1v) is 6.74. The number of nitrogens with one attached hydrogen (secondary N) is 1. The number of rotatable bonds is 5. The number of benzene rings is 1. The largest absolute Gasteiger partial charge is 0.370 e. The minimum Gasteiger partial charge on any atom is -0.370 e. The molecule has 1 aromatic carbocycles. The molecule has 0 spiro atoms. The molecule has 0 fully saturated rings. The van der Waals surface area contributed by atoms with Crippen molar-refractivity contribution in [1.29, 1.82) is 0 Å². The molecule has 1 heterocycles. The van der Waals surface area contributed by atoms with Gasteiger partial charge in [0, 0.05) is 31.4 Å². The standard InChI is InChI=1S/C15H24N2/c1-12(2)13(3)16-9-11-17-10-8-14-6-4-5-7-15(14)17/h4-7,12-13,16H,8-11H2,1-3H3. The quantitative estimate of drug-likeness (QED) is 0.839. The molecule has 0 aromatic heterocycles. The minimum atomic E-state index is 0.604. The third-order valence-corrected chi connectivity index (χ3v) is 3.83. The molecule has 1 N–H and O–H groups in total. The molecule has 0 radical (unpaired) electrons. The molecule has 0 amide bonds. The molecule has 1 aliphatic rings. The summed E-state index contributed by atoms with van der Waals surface area (Å²) in [4.78, 5) is 2.50. The average Bonchev–Trinajstić information content (AvgIpc) is 2.72. The maximum absolute atomic E-state index is 3.60. The van der Waals surface area contributed by atoms with Crippen LogP contribution in [0.3, 0.4) is 0 Å². The van der Waals surface area contributed by atoms with E-state index in [1.165, 1.54) is 24.2 Å². The Morgan fingerprint density at radius 1 is 1.24 bits per heavy atom. The van der Waals surface area contributed by atoms with E-state index in [1.54, 1.807) is 0 Å². The summed E-state index contributed by atoms with van der Waals surface area (Å²) in [6.07, 6.45) is 1.20. The second kappa shape index (κ2) is 5.54. The van der Waals surface area contributed by atoms with Crippen LogP contribution in [-0.4, -0.2) is 25.7 Å². The molecule has 0 bridgehead atoms. The van der Waals surface area contributed by atoms with Gasteiger partial charge in [-0.15, -0.1) is 0 Å². The van der Waals surface area contributed by atoms with Gasteiger partial charge in [-0.25, -0.2) is 0 Å². The van der Waals surface area contributed by atoms with Crippen molar-refractivity contribution in [2.24, 2.45) is 5.92 Å². The van der Waals surface area contributed by atoms with Gasteiger partial charge in [-0.1, -0.05) is 32.0 Å². The SMILES string of the molecule is CC(C)C(C)NCCN1CCc2ccccc21. The van der Waals surface area contributed by atoms with Gasteiger partial charge in [0.1, 0.15) is 0 Å². The summed E-state index contributed by atoms with van der Waals surface area (Å²) in [6.45, 7) is 10.2. The third-order valence-electron chi connectivity index (χ3n) is 3.83. The van der Waals surface area contributed by atoms with Crippen LogP contribution >= 0.6 is 0 Å². The van der Waals surface area contributed by atoms with Gasteiger partial charge in [-0.05, 0) is 30.9 Å². The van der Waals surface area contributed by atoms with E-state index in [9.17, 15) is 0 Å². The normalized spacial score (nSPS) is 16.4. The molecule has 1 atom stereocenters. The fourth-order valence-electron chi connectivity index (χ4n) is 2.30. The van der Waals surface area contributed by atoms with Gasteiger partial charge in [-0.2, -0.15) is 0 Å². The Bertz CT molecular complexity index is 360. The Morgan fingerprint density at radius 3 is 2.76 bits per heavy atom. The number of anilines is 1. The highest BCUT2D eigenvalue weighted by atomic mass is 15.2. The zero-order valence-electron chi connectivity index (χ0n) is 11.2. The van der Waals surface area contributed by atoms with Crippen molar-refractivity contribution in [3.63, 3.8) is 0 Å². The fourth-order valence-corrected chi connectivity index (χ4v) is 2.30. The van der Waals surface area contributed by atoms with Gasteiger partial charge in [0.05, 0.1) is 0 Å². The molecular formula is C15H24N2. The predicted octanol–water partition coefficient (Wildman–Crippen LogP) is 2.68. The van der Waals surface area contributed by atoms with E-state index in [4.69, 9.17) is 0 Å². The van der Waals surface area contributed by atoms with Crippen LogP contribution in [0.15, 0.2) is 24.3 Å². The highest BCUT2D eigenvalue weighted by Crippen LogP contribution is 2.26. The van der Waals surface area contributed by atoms with Crippen LogP contribution in [0.25, 0.3) is 0 Å². The highest BCUT2D eigenvalue weighted by Gasteiger charge is 2.17. The lowest BCUT2D eigenvalue weighted by molar-refractivity contribution is 0.430. The second-order valence-electron chi connectivity index (χ2n) is 5.35. The van der Waals surface area contributed by atoms with E-state index in [0.717, 1.165) is 13.1 Å². The van der Waals surface area contributed by atoms with Crippen molar-refractivity contribution in [2.75, 3.05) is 24.5 Å². The zero-order valence-corrected chi connectivity index (χ0v) is 11.2. The molecule has 2 nitrogen and oxygen atoms in total. The highest BCUT2D eigenvalue weighted by molar-refractivity contribution is 5.57. The molecular weight excluding hydrogens is 208 g/mol. The lowest BCUT2D eigenvalue weighted by atomic mass is 10.1. The maximum atomic E-state index is 3.60. The van der Waals surface area contributed by atoms with Crippen molar-refractivity contribution in [2.45, 2.75) is 33.2 Å². The topological polar surface area (TPSA) is 15.3 Å². The predicted molar refractivity (Wildman–Crippen MR) is 74.7 cm³/mol. The Labute approximate surface area is 105 Å². The molecule has 2 heteroatoms. The van der Waals surface area contributed by atoms with E-state index < -0.39 is 0 Å². The second-order valence-corrected chi connectivity index (χ2v) is 5.35. The Morgan fingerprint density at radius 2 is 2.00 bits per heavy atom. The molecule has 0 aliphatic carbocycles. The van der Waals surface area contributed by atoms with Crippen LogP contribution in [-0.2, 0) is 6.42 Å². The molecule has 1 aliphatic heterocycles. The Hall–Kier alpha value is -1.02. The molecule has 0 saturated carbocycles. The molecule has 0 saturated heterocycles. The molecule has 17 heavy (non-hydrogen) atoms. The van der Waals surface area contributed by atoms with Gasteiger partial charge < -0.3 is 10.2 Å². The van der Waals surface area contributed by atoms with Gasteiger partial charge in [0.2, 0.25) is 0 Å². The lowest BCUT2D eigenvalue weighted by Gasteiger charge is -2.22. The van der Waals surface area contributed by atoms with Crippen LogP contribution < -0.4 is 10.2 Å². The van der Waals surface area contributed by atoms with Crippen LogP contribution in [0.1, 0.15) is 26.3 Å². The average molecular weight is 232 g/mol. The van der Waals surface area contributed by atoms with Crippen LogP contribution in [0.2, 0.25) is 0 Å². The summed E-state index contributed by atoms with van der Waals surface area (Å²) >= 11 is 0. The van der Waals surface area contributed by atoms with Gasteiger partial charge in [0.25, 0.3) is 0 Å². The smallest absolute Gasteiger partial charge is 0.0399 e. The summed E-state index contributed by atoms with van der Waals surface area (Å²) < 4.78 is 0. The summed E-state index contributed by atoms with van der Waals surface area (Å²) in [5.74, 6) is 0.709. The molecule has 1 aromatic rings. The van der Waals surface area contributed by atoms with E-state index >= 15 is 0 Å².